The van der Waals surface area contributed by atoms with Crippen molar-refractivity contribution in [2.24, 2.45) is 5.92 Å². The first-order valence-corrected chi connectivity index (χ1v) is 9.02. The van der Waals surface area contributed by atoms with E-state index in [4.69, 9.17) is 18.9 Å². The molecule has 0 amide bonds. The fourth-order valence-electron chi connectivity index (χ4n) is 3.49. The fraction of sp³-hybridized carbons (Fsp3) is 0.381. The van der Waals surface area contributed by atoms with Gasteiger partial charge in [-0.2, -0.15) is 0 Å². The van der Waals surface area contributed by atoms with Gasteiger partial charge in [-0.25, -0.2) is 0 Å². The number of aliphatic carboxylic acids is 1. The van der Waals surface area contributed by atoms with Gasteiger partial charge < -0.3 is 24.1 Å². The molecule has 6 nitrogen and oxygen atoms in total. The Balaban J connectivity index is 1.70. The molecule has 1 aliphatic heterocycles. The molecule has 0 aromatic heterocycles. The summed E-state index contributed by atoms with van der Waals surface area (Å²) in [7, 11) is 1.59. The number of ether oxygens (including phenoxy) is 4. The van der Waals surface area contributed by atoms with Gasteiger partial charge in [0, 0.05) is 6.07 Å². The second-order valence-electron chi connectivity index (χ2n) is 6.76. The van der Waals surface area contributed by atoms with Gasteiger partial charge in [0.2, 0.25) is 0 Å². The smallest absolute Gasteiger partial charge is 0.307 e. The van der Waals surface area contributed by atoms with Gasteiger partial charge in [-0.1, -0.05) is 30.3 Å². The highest BCUT2D eigenvalue weighted by Crippen LogP contribution is 2.53. The molecule has 4 rings (SSSR count). The Kier molecular flexibility index (Phi) is 5.01. The van der Waals surface area contributed by atoms with Crippen molar-refractivity contribution in [2.45, 2.75) is 25.2 Å². The molecule has 2 fully saturated rings. The van der Waals surface area contributed by atoms with E-state index >= 15 is 0 Å². The van der Waals surface area contributed by atoms with E-state index < -0.39 is 12.3 Å². The molecule has 0 bridgehead atoms. The van der Waals surface area contributed by atoms with E-state index in [0.29, 0.717) is 37.7 Å². The zero-order valence-electron chi connectivity index (χ0n) is 15.1. The van der Waals surface area contributed by atoms with Crippen molar-refractivity contribution in [1.82, 2.24) is 0 Å². The van der Waals surface area contributed by atoms with Crippen LogP contribution in [0.4, 0.5) is 0 Å². The minimum atomic E-state index is -0.784. The molecule has 6 heteroatoms. The van der Waals surface area contributed by atoms with E-state index in [2.05, 4.69) is 0 Å². The van der Waals surface area contributed by atoms with Gasteiger partial charge in [0.05, 0.1) is 31.8 Å². The molecule has 27 heavy (non-hydrogen) atoms. The number of benzene rings is 2. The first-order chi connectivity index (χ1) is 13.2. The third kappa shape index (κ3) is 3.77. The van der Waals surface area contributed by atoms with Crippen molar-refractivity contribution in [2.75, 3.05) is 20.3 Å². The van der Waals surface area contributed by atoms with Crippen LogP contribution in [0.25, 0.3) is 0 Å². The van der Waals surface area contributed by atoms with Gasteiger partial charge in [-0.3, -0.25) is 4.79 Å². The Labute approximate surface area is 157 Å². The highest BCUT2D eigenvalue weighted by atomic mass is 16.7. The maximum Gasteiger partial charge on any atom is 0.307 e. The molecule has 1 saturated carbocycles. The summed E-state index contributed by atoms with van der Waals surface area (Å²) >= 11 is 0. The predicted octanol–water partition coefficient (Wildman–Crippen LogP) is 3.51. The van der Waals surface area contributed by atoms with Crippen LogP contribution in [0.5, 0.6) is 11.5 Å². The van der Waals surface area contributed by atoms with Crippen LogP contribution in [-0.4, -0.2) is 31.4 Å². The first kappa shape index (κ1) is 17.8. The average molecular weight is 370 g/mol. The monoisotopic (exact) mass is 370 g/mol. The van der Waals surface area contributed by atoms with Crippen LogP contribution in [0.15, 0.2) is 42.5 Å². The summed E-state index contributed by atoms with van der Waals surface area (Å²) in [6, 6.07) is 13.5. The number of carbonyl (C=O) groups is 1. The first-order valence-electron chi connectivity index (χ1n) is 9.02. The van der Waals surface area contributed by atoms with Crippen molar-refractivity contribution in [3.63, 3.8) is 0 Å². The highest BCUT2D eigenvalue weighted by Gasteiger charge is 2.47. The number of hydrogen-bond donors (Lipinski definition) is 1. The lowest BCUT2D eigenvalue weighted by Crippen LogP contribution is -2.09. The normalized spacial score (nSPS) is 21.8. The molecule has 2 aromatic rings. The van der Waals surface area contributed by atoms with Crippen LogP contribution in [0.3, 0.4) is 0 Å². The molecule has 2 aliphatic rings. The summed E-state index contributed by atoms with van der Waals surface area (Å²) in [5.41, 5.74) is 2.69. The van der Waals surface area contributed by atoms with Crippen LogP contribution < -0.4 is 9.47 Å². The maximum atomic E-state index is 11.4. The van der Waals surface area contributed by atoms with E-state index in [1.54, 1.807) is 7.11 Å². The van der Waals surface area contributed by atoms with Crippen LogP contribution in [0.2, 0.25) is 0 Å². The summed E-state index contributed by atoms with van der Waals surface area (Å²) in [6.45, 7) is 1.39. The summed E-state index contributed by atoms with van der Waals surface area (Å²) < 4.78 is 23.0. The number of methoxy groups -OCH3 is 1. The molecule has 2 unspecified atom stereocenters. The topological polar surface area (TPSA) is 74.2 Å². The second kappa shape index (κ2) is 7.58. The van der Waals surface area contributed by atoms with Crippen LogP contribution in [0, 0.1) is 5.92 Å². The van der Waals surface area contributed by atoms with Crippen LogP contribution in [0.1, 0.15) is 35.3 Å². The summed E-state index contributed by atoms with van der Waals surface area (Å²) in [5, 5.41) is 9.36. The molecule has 142 valence electrons. The van der Waals surface area contributed by atoms with Gasteiger partial charge >= 0.3 is 5.97 Å². The Hall–Kier alpha value is -2.57. The predicted molar refractivity (Wildman–Crippen MR) is 96.9 cm³/mol. The van der Waals surface area contributed by atoms with Crippen molar-refractivity contribution >= 4 is 5.97 Å². The fourth-order valence-corrected chi connectivity index (χ4v) is 3.49. The third-order valence-corrected chi connectivity index (χ3v) is 4.99. The quantitative estimate of drug-likeness (QED) is 0.804. The van der Waals surface area contributed by atoms with Crippen molar-refractivity contribution in [3.8, 4) is 11.5 Å². The molecule has 2 aromatic carbocycles. The zero-order chi connectivity index (χ0) is 18.8. The molecular formula is C21H22O6. The number of hydrogen-bond acceptors (Lipinski definition) is 5. The lowest BCUT2D eigenvalue weighted by Gasteiger charge is -2.21. The van der Waals surface area contributed by atoms with E-state index in [1.807, 2.05) is 42.5 Å². The molecule has 1 N–H and O–H groups in total. The van der Waals surface area contributed by atoms with E-state index in [1.165, 1.54) is 0 Å². The van der Waals surface area contributed by atoms with Gasteiger partial charge in [0.25, 0.3) is 0 Å². The highest BCUT2D eigenvalue weighted by molar-refractivity contribution is 5.75. The van der Waals surface area contributed by atoms with E-state index in [9.17, 15) is 9.90 Å². The van der Waals surface area contributed by atoms with Crippen LogP contribution >= 0.6 is 0 Å². The zero-order valence-corrected chi connectivity index (χ0v) is 15.1. The number of carboxylic acids is 1. The molecule has 0 radical (unpaired) electrons. The summed E-state index contributed by atoms with van der Waals surface area (Å²) in [6.07, 6.45) is 0.0482. The van der Waals surface area contributed by atoms with Crippen molar-refractivity contribution < 1.29 is 28.8 Å². The number of rotatable bonds is 7. The van der Waals surface area contributed by atoms with Crippen molar-refractivity contribution in [1.29, 1.82) is 0 Å². The third-order valence-electron chi connectivity index (χ3n) is 4.99. The number of carboxylic acid groups (broad SMARTS) is 1. The Morgan fingerprint density at radius 2 is 1.93 bits per heavy atom. The molecule has 0 spiro atoms. The largest absolute Gasteiger partial charge is 0.497 e. The standard InChI is InChI=1S/C21H22O6/c1-24-14-9-16(15-11-17(15)20(22)23)19(21-25-7-8-26-21)18(10-14)27-12-13-5-3-2-4-6-13/h2-6,9-10,15,17,21H,7-8,11-12H2,1H3,(H,22,23). The Morgan fingerprint density at radius 1 is 1.19 bits per heavy atom. The van der Waals surface area contributed by atoms with E-state index in [0.717, 1.165) is 16.7 Å². The summed E-state index contributed by atoms with van der Waals surface area (Å²) in [5.74, 6) is -0.0190. The molecular weight excluding hydrogens is 348 g/mol. The molecule has 1 heterocycles. The van der Waals surface area contributed by atoms with Crippen LogP contribution in [-0.2, 0) is 20.9 Å². The SMILES string of the molecule is COc1cc(OCc2ccccc2)c(C2OCCO2)c(C2CC2C(=O)O)c1. The van der Waals surface area contributed by atoms with Gasteiger partial charge in [-0.05, 0) is 29.5 Å². The molecule has 2 atom stereocenters. The Morgan fingerprint density at radius 3 is 2.56 bits per heavy atom. The summed E-state index contributed by atoms with van der Waals surface area (Å²) in [4.78, 5) is 11.4. The van der Waals surface area contributed by atoms with Gasteiger partial charge in [0.1, 0.15) is 18.1 Å². The molecule has 1 aliphatic carbocycles. The molecule has 1 saturated heterocycles. The Bertz CT molecular complexity index is 813. The second-order valence-corrected chi connectivity index (χ2v) is 6.76. The van der Waals surface area contributed by atoms with Gasteiger partial charge in [0.15, 0.2) is 6.29 Å². The van der Waals surface area contributed by atoms with E-state index in [-0.39, 0.29) is 11.8 Å². The minimum Gasteiger partial charge on any atom is -0.497 e. The maximum absolute atomic E-state index is 11.4. The lowest BCUT2D eigenvalue weighted by atomic mass is 9.99. The minimum absolute atomic E-state index is 0.0838. The lowest BCUT2D eigenvalue weighted by molar-refractivity contribution is -0.138. The average Bonchev–Trinajstić information content (AvgIpc) is 3.33. The van der Waals surface area contributed by atoms with Crippen molar-refractivity contribution in [3.05, 3.63) is 59.2 Å². The van der Waals surface area contributed by atoms with Gasteiger partial charge in [-0.15, -0.1) is 0 Å².